The second-order valence-corrected chi connectivity index (χ2v) is 6.63. The number of hydrogen-bond acceptors (Lipinski definition) is 4. The quantitative estimate of drug-likeness (QED) is 0.812. The van der Waals surface area contributed by atoms with Gasteiger partial charge < -0.3 is 14.8 Å². The lowest BCUT2D eigenvalue weighted by Crippen LogP contribution is -2.35. The van der Waals surface area contributed by atoms with Crippen LogP contribution < -0.4 is 10.1 Å². The van der Waals surface area contributed by atoms with Crippen LogP contribution in [0.25, 0.3) is 0 Å². The minimum atomic E-state index is -0.460. The molecule has 6 heteroatoms. The van der Waals surface area contributed by atoms with Crippen LogP contribution in [0.1, 0.15) is 16.7 Å². The van der Waals surface area contributed by atoms with Crippen molar-refractivity contribution in [3.63, 3.8) is 0 Å². The summed E-state index contributed by atoms with van der Waals surface area (Å²) >= 11 is 0. The smallest absolute Gasteiger partial charge is 0.224 e. The molecule has 0 aromatic heterocycles. The van der Waals surface area contributed by atoms with E-state index in [1.807, 2.05) is 12.1 Å². The number of nitrogens with one attached hydrogen (secondary N) is 1. The highest BCUT2D eigenvalue weighted by Gasteiger charge is 2.11. The Morgan fingerprint density at radius 2 is 1.78 bits per heavy atom. The highest BCUT2D eigenvalue weighted by atomic mass is 19.1. The van der Waals surface area contributed by atoms with E-state index in [9.17, 15) is 9.18 Å². The average molecular weight is 372 g/mol. The summed E-state index contributed by atoms with van der Waals surface area (Å²) in [6.07, 6.45) is 0.135. The van der Waals surface area contributed by atoms with Crippen molar-refractivity contribution in [3.05, 3.63) is 65.0 Å². The van der Waals surface area contributed by atoms with Crippen LogP contribution >= 0.6 is 0 Å². The molecule has 1 N–H and O–H groups in total. The number of hydrogen-bond donors (Lipinski definition) is 1. The molecule has 2 aromatic rings. The van der Waals surface area contributed by atoms with Crippen molar-refractivity contribution < 1.29 is 18.7 Å². The minimum Gasteiger partial charge on any atom is -0.494 e. The first kappa shape index (κ1) is 19.3. The molecule has 1 fully saturated rings. The molecule has 1 aliphatic rings. The van der Waals surface area contributed by atoms with E-state index in [1.54, 1.807) is 6.07 Å². The number of amides is 1. The van der Waals surface area contributed by atoms with Gasteiger partial charge in [0, 0.05) is 26.2 Å². The molecule has 0 saturated carbocycles. The van der Waals surface area contributed by atoms with Crippen LogP contribution in [0, 0.1) is 5.82 Å². The molecule has 144 valence electrons. The van der Waals surface area contributed by atoms with Crippen molar-refractivity contribution >= 4 is 5.91 Å². The first-order valence-electron chi connectivity index (χ1n) is 9.11. The van der Waals surface area contributed by atoms with Crippen molar-refractivity contribution in [1.29, 1.82) is 0 Å². The van der Waals surface area contributed by atoms with E-state index in [2.05, 4.69) is 22.3 Å². The van der Waals surface area contributed by atoms with Gasteiger partial charge in [-0.2, -0.15) is 0 Å². The van der Waals surface area contributed by atoms with Crippen LogP contribution in [-0.4, -0.2) is 44.2 Å². The Labute approximate surface area is 159 Å². The number of nitrogens with zero attached hydrogens (tertiary/aromatic N) is 1. The Morgan fingerprint density at radius 3 is 2.44 bits per heavy atom. The average Bonchev–Trinajstić information content (AvgIpc) is 2.68. The standard InChI is InChI=1S/C21H25FN2O3/c1-26-20-7-6-18(12-19(20)22)13-21(25)23-14-16-2-4-17(5-3-16)15-24-8-10-27-11-9-24/h2-7,12H,8-11,13-15H2,1H3,(H,23,25). The Morgan fingerprint density at radius 1 is 1.11 bits per heavy atom. The molecular formula is C21H25FN2O3. The lowest BCUT2D eigenvalue weighted by atomic mass is 10.1. The molecule has 0 radical (unpaired) electrons. The molecule has 0 unspecified atom stereocenters. The summed E-state index contributed by atoms with van der Waals surface area (Å²) in [5.74, 6) is -0.424. The number of carbonyl (C=O) groups excluding carboxylic acids is 1. The van der Waals surface area contributed by atoms with Gasteiger partial charge in [-0.3, -0.25) is 9.69 Å². The first-order chi connectivity index (χ1) is 13.1. The zero-order chi connectivity index (χ0) is 19.1. The molecule has 1 aliphatic heterocycles. The third-order valence-electron chi connectivity index (χ3n) is 4.60. The van der Waals surface area contributed by atoms with Gasteiger partial charge in [0.2, 0.25) is 5.91 Å². The first-order valence-corrected chi connectivity index (χ1v) is 9.11. The van der Waals surface area contributed by atoms with Gasteiger partial charge in [-0.15, -0.1) is 0 Å². The van der Waals surface area contributed by atoms with E-state index < -0.39 is 5.82 Å². The number of morpholine rings is 1. The van der Waals surface area contributed by atoms with Crippen molar-refractivity contribution in [3.8, 4) is 5.75 Å². The molecule has 1 amide bonds. The summed E-state index contributed by atoms with van der Waals surface area (Å²) in [7, 11) is 1.41. The van der Waals surface area contributed by atoms with Crippen molar-refractivity contribution in [1.82, 2.24) is 10.2 Å². The SMILES string of the molecule is COc1ccc(CC(=O)NCc2ccc(CN3CCOCC3)cc2)cc1F. The summed E-state index contributed by atoms with van der Waals surface area (Å²) in [6, 6.07) is 12.8. The maximum atomic E-state index is 13.7. The van der Waals surface area contributed by atoms with Crippen LogP contribution in [-0.2, 0) is 29.0 Å². The molecule has 2 aromatic carbocycles. The Bertz CT molecular complexity index is 759. The minimum absolute atomic E-state index is 0.135. The lowest BCUT2D eigenvalue weighted by molar-refractivity contribution is -0.120. The second kappa shape index (κ2) is 9.48. The molecular weight excluding hydrogens is 347 g/mol. The summed E-state index contributed by atoms with van der Waals surface area (Å²) < 4.78 is 23.9. The van der Waals surface area contributed by atoms with Crippen LogP contribution in [0.2, 0.25) is 0 Å². The van der Waals surface area contributed by atoms with E-state index in [0.717, 1.165) is 38.4 Å². The van der Waals surface area contributed by atoms with Gasteiger partial charge in [0.15, 0.2) is 11.6 Å². The number of methoxy groups -OCH3 is 1. The molecule has 1 saturated heterocycles. The van der Waals surface area contributed by atoms with Gasteiger partial charge in [0.1, 0.15) is 0 Å². The van der Waals surface area contributed by atoms with E-state index in [1.165, 1.54) is 24.8 Å². The lowest BCUT2D eigenvalue weighted by Gasteiger charge is -2.26. The normalized spacial score (nSPS) is 14.7. The van der Waals surface area contributed by atoms with E-state index >= 15 is 0 Å². The maximum Gasteiger partial charge on any atom is 0.224 e. The number of carbonyl (C=O) groups is 1. The number of halogens is 1. The van der Waals surface area contributed by atoms with Crippen LogP contribution in [0.3, 0.4) is 0 Å². The number of ether oxygens (including phenoxy) is 2. The zero-order valence-corrected chi connectivity index (χ0v) is 15.5. The molecule has 5 nitrogen and oxygen atoms in total. The summed E-state index contributed by atoms with van der Waals surface area (Å²) in [5.41, 5.74) is 2.90. The summed E-state index contributed by atoms with van der Waals surface area (Å²) in [6.45, 7) is 4.88. The molecule has 3 rings (SSSR count). The van der Waals surface area contributed by atoms with Crippen LogP contribution in [0.15, 0.2) is 42.5 Å². The molecule has 1 heterocycles. The van der Waals surface area contributed by atoms with E-state index in [4.69, 9.17) is 9.47 Å². The summed E-state index contributed by atoms with van der Waals surface area (Å²) in [4.78, 5) is 14.5. The van der Waals surface area contributed by atoms with Gasteiger partial charge in [-0.25, -0.2) is 4.39 Å². The zero-order valence-electron chi connectivity index (χ0n) is 15.5. The maximum absolute atomic E-state index is 13.7. The Kier molecular flexibility index (Phi) is 6.79. The van der Waals surface area contributed by atoms with Gasteiger partial charge in [0.25, 0.3) is 0 Å². The topological polar surface area (TPSA) is 50.8 Å². The van der Waals surface area contributed by atoms with Gasteiger partial charge in [-0.1, -0.05) is 30.3 Å². The third-order valence-corrected chi connectivity index (χ3v) is 4.60. The fraction of sp³-hybridized carbons (Fsp3) is 0.381. The van der Waals surface area contributed by atoms with Crippen LogP contribution in [0.4, 0.5) is 4.39 Å². The molecule has 27 heavy (non-hydrogen) atoms. The molecule has 0 aliphatic carbocycles. The van der Waals surface area contributed by atoms with Gasteiger partial charge in [-0.05, 0) is 28.8 Å². The molecule has 0 atom stereocenters. The Hall–Kier alpha value is -2.44. The van der Waals surface area contributed by atoms with Gasteiger partial charge >= 0.3 is 0 Å². The highest BCUT2D eigenvalue weighted by Crippen LogP contribution is 2.18. The van der Waals surface area contributed by atoms with Crippen LogP contribution in [0.5, 0.6) is 5.75 Å². The van der Waals surface area contributed by atoms with E-state index in [-0.39, 0.29) is 18.1 Å². The highest BCUT2D eigenvalue weighted by molar-refractivity contribution is 5.78. The fourth-order valence-electron chi connectivity index (χ4n) is 3.05. The predicted octanol–water partition coefficient (Wildman–Crippen LogP) is 2.53. The monoisotopic (exact) mass is 372 g/mol. The summed E-state index contributed by atoms with van der Waals surface area (Å²) in [5, 5.41) is 2.88. The fourth-order valence-corrected chi connectivity index (χ4v) is 3.05. The van der Waals surface area contributed by atoms with Crippen molar-refractivity contribution in [2.24, 2.45) is 0 Å². The largest absolute Gasteiger partial charge is 0.494 e. The number of benzene rings is 2. The van der Waals surface area contributed by atoms with Crippen molar-refractivity contribution in [2.45, 2.75) is 19.5 Å². The third kappa shape index (κ3) is 5.77. The van der Waals surface area contributed by atoms with E-state index in [0.29, 0.717) is 12.1 Å². The number of rotatable bonds is 7. The van der Waals surface area contributed by atoms with Crippen molar-refractivity contribution in [2.75, 3.05) is 33.4 Å². The van der Waals surface area contributed by atoms with Gasteiger partial charge in [0.05, 0.1) is 26.7 Å². The molecule has 0 spiro atoms. The Balaban J connectivity index is 1.46. The second-order valence-electron chi connectivity index (χ2n) is 6.63. The molecule has 0 bridgehead atoms. The predicted molar refractivity (Wildman–Crippen MR) is 101 cm³/mol.